The van der Waals surface area contributed by atoms with Gasteiger partial charge in [-0.05, 0) is 37.0 Å². The maximum atomic E-state index is 5.18. The van der Waals surface area contributed by atoms with Crippen LogP contribution in [0.15, 0.2) is 24.3 Å². The third kappa shape index (κ3) is 4.04. The zero-order valence-corrected chi connectivity index (χ0v) is 11.7. The van der Waals surface area contributed by atoms with Crippen molar-refractivity contribution in [2.75, 3.05) is 7.11 Å². The standard InChI is InChI=1S/C15H25NO/c1-6-15(16-12(4)11(2)3)13-7-9-14(17-5)10-8-13/h7-12,15-16H,6H2,1-5H3. The highest BCUT2D eigenvalue weighted by Crippen LogP contribution is 2.21. The average Bonchev–Trinajstić information content (AvgIpc) is 2.35. The molecule has 0 fully saturated rings. The highest BCUT2D eigenvalue weighted by Gasteiger charge is 2.14. The second kappa shape index (κ2) is 6.65. The predicted octanol–water partition coefficient (Wildman–Crippen LogP) is 3.78. The summed E-state index contributed by atoms with van der Waals surface area (Å²) in [6.07, 6.45) is 1.10. The van der Waals surface area contributed by atoms with Crippen molar-refractivity contribution >= 4 is 0 Å². The van der Waals surface area contributed by atoms with Gasteiger partial charge < -0.3 is 10.1 Å². The third-order valence-corrected chi connectivity index (χ3v) is 3.39. The van der Waals surface area contributed by atoms with Crippen LogP contribution in [0.25, 0.3) is 0 Å². The molecule has 2 atom stereocenters. The molecule has 0 aliphatic heterocycles. The molecule has 0 heterocycles. The highest BCUT2D eigenvalue weighted by atomic mass is 16.5. The molecule has 1 aromatic rings. The van der Waals surface area contributed by atoms with Gasteiger partial charge in [-0.3, -0.25) is 0 Å². The summed E-state index contributed by atoms with van der Waals surface area (Å²) in [6.45, 7) is 8.96. The van der Waals surface area contributed by atoms with Crippen LogP contribution in [0, 0.1) is 5.92 Å². The molecule has 1 rings (SSSR count). The smallest absolute Gasteiger partial charge is 0.118 e. The Morgan fingerprint density at radius 2 is 1.71 bits per heavy atom. The van der Waals surface area contributed by atoms with Crippen molar-refractivity contribution in [2.45, 2.75) is 46.2 Å². The summed E-state index contributed by atoms with van der Waals surface area (Å²) in [5.41, 5.74) is 1.33. The van der Waals surface area contributed by atoms with E-state index in [1.54, 1.807) is 7.11 Å². The molecular formula is C15H25NO. The molecule has 17 heavy (non-hydrogen) atoms. The minimum absolute atomic E-state index is 0.429. The lowest BCUT2D eigenvalue weighted by molar-refractivity contribution is 0.370. The minimum Gasteiger partial charge on any atom is -0.497 e. The maximum Gasteiger partial charge on any atom is 0.118 e. The van der Waals surface area contributed by atoms with Crippen LogP contribution >= 0.6 is 0 Å². The largest absolute Gasteiger partial charge is 0.497 e. The van der Waals surface area contributed by atoms with E-state index in [0.717, 1.165) is 12.2 Å². The van der Waals surface area contributed by atoms with E-state index in [2.05, 4.69) is 45.1 Å². The molecule has 1 aromatic carbocycles. The summed E-state index contributed by atoms with van der Waals surface area (Å²) in [4.78, 5) is 0. The average molecular weight is 235 g/mol. The number of benzene rings is 1. The molecule has 2 heteroatoms. The van der Waals surface area contributed by atoms with Crippen molar-refractivity contribution in [1.29, 1.82) is 0 Å². The number of nitrogens with one attached hydrogen (secondary N) is 1. The summed E-state index contributed by atoms with van der Waals surface area (Å²) in [6, 6.07) is 9.31. The number of rotatable bonds is 6. The van der Waals surface area contributed by atoms with E-state index < -0.39 is 0 Å². The topological polar surface area (TPSA) is 21.3 Å². The fourth-order valence-electron chi connectivity index (χ4n) is 1.80. The molecule has 96 valence electrons. The van der Waals surface area contributed by atoms with Crippen molar-refractivity contribution in [1.82, 2.24) is 5.32 Å². The minimum atomic E-state index is 0.429. The van der Waals surface area contributed by atoms with Crippen LogP contribution < -0.4 is 10.1 Å². The fourth-order valence-corrected chi connectivity index (χ4v) is 1.80. The third-order valence-electron chi connectivity index (χ3n) is 3.39. The first-order chi connectivity index (χ1) is 8.08. The first-order valence-corrected chi connectivity index (χ1v) is 6.48. The number of ether oxygens (including phenoxy) is 1. The molecular weight excluding hydrogens is 210 g/mol. The molecule has 2 unspecified atom stereocenters. The van der Waals surface area contributed by atoms with Crippen LogP contribution in [-0.2, 0) is 0 Å². The van der Waals surface area contributed by atoms with Crippen LogP contribution in [0.4, 0.5) is 0 Å². The summed E-state index contributed by atoms with van der Waals surface area (Å²) < 4.78 is 5.18. The first-order valence-electron chi connectivity index (χ1n) is 6.48. The van der Waals surface area contributed by atoms with Gasteiger partial charge in [-0.2, -0.15) is 0 Å². The number of hydrogen-bond donors (Lipinski definition) is 1. The van der Waals surface area contributed by atoms with E-state index in [9.17, 15) is 0 Å². The molecule has 0 aliphatic carbocycles. The molecule has 0 radical (unpaired) electrons. The molecule has 2 nitrogen and oxygen atoms in total. The number of methoxy groups -OCH3 is 1. The normalized spacial score (nSPS) is 14.7. The summed E-state index contributed by atoms with van der Waals surface area (Å²) in [5.74, 6) is 1.57. The zero-order chi connectivity index (χ0) is 12.8. The van der Waals surface area contributed by atoms with Gasteiger partial charge in [-0.1, -0.05) is 32.9 Å². The molecule has 0 saturated carbocycles. The summed E-state index contributed by atoms with van der Waals surface area (Å²) in [5, 5.41) is 3.68. The van der Waals surface area contributed by atoms with Gasteiger partial charge in [-0.15, -0.1) is 0 Å². The Bertz CT molecular complexity index is 318. The van der Waals surface area contributed by atoms with Gasteiger partial charge in [0.25, 0.3) is 0 Å². The Morgan fingerprint density at radius 3 is 2.12 bits per heavy atom. The van der Waals surface area contributed by atoms with Crippen molar-refractivity contribution in [2.24, 2.45) is 5.92 Å². The lowest BCUT2D eigenvalue weighted by atomic mass is 10.00. The maximum absolute atomic E-state index is 5.18. The van der Waals surface area contributed by atoms with Gasteiger partial charge in [0.1, 0.15) is 5.75 Å². The molecule has 0 amide bonds. The molecule has 0 bridgehead atoms. The molecule has 0 aromatic heterocycles. The van der Waals surface area contributed by atoms with Crippen LogP contribution in [0.2, 0.25) is 0 Å². The van der Waals surface area contributed by atoms with Gasteiger partial charge >= 0.3 is 0 Å². The Kier molecular flexibility index (Phi) is 5.49. The highest BCUT2D eigenvalue weighted by molar-refractivity contribution is 5.29. The second-order valence-corrected chi connectivity index (χ2v) is 4.93. The molecule has 0 spiro atoms. The van der Waals surface area contributed by atoms with Crippen molar-refractivity contribution in [3.8, 4) is 5.75 Å². The van der Waals surface area contributed by atoms with Gasteiger partial charge in [0.05, 0.1) is 7.11 Å². The first kappa shape index (κ1) is 14.0. The Balaban J connectivity index is 2.72. The number of hydrogen-bond acceptors (Lipinski definition) is 2. The second-order valence-electron chi connectivity index (χ2n) is 4.93. The van der Waals surface area contributed by atoms with Crippen LogP contribution in [0.1, 0.15) is 45.7 Å². The lowest BCUT2D eigenvalue weighted by Crippen LogP contribution is -2.34. The molecule has 1 N–H and O–H groups in total. The SMILES string of the molecule is CCC(NC(C)C(C)C)c1ccc(OC)cc1. The van der Waals surface area contributed by atoms with Gasteiger partial charge in [0.2, 0.25) is 0 Å². The van der Waals surface area contributed by atoms with E-state index in [1.807, 2.05) is 12.1 Å². The lowest BCUT2D eigenvalue weighted by Gasteiger charge is -2.25. The van der Waals surface area contributed by atoms with Gasteiger partial charge in [0.15, 0.2) is 0 Å². The Hall–Kier alpha value is -1.02. The van der Waals surface area contributed by atoms with E-state index in [-0.39, 0.29) is 0 Å². The van der Waals surface area contributed by atoms with Crippen molar-refractivity contribution in [3.05, 3.63) is 29.8 Å². The van der Waals surface area contributed by atoms with Crippen LogP contribution in [0.5, 0.6) is 5.75 Å². The van der Waals surface area contributed by atoms with Crippen molar-refractivity contribution in [3.63, 3.8) is 0 Å². The van der Waals surface area contributed by atoms with Crippen LogP contribution in [-0.4, -0.2) is 13.2 Å². The quantitative estimate of drug-likeness (QED) is 0.810. The van der Waals surface area contributed by atoms with E-state index >= 15 is 0 Å². The van der Waals surface area contributed by atoms with Gasteiger partial charge in [-0.25, -0.2) is 0 Å². The molecule has 0 aliphatic rings. The predicted molar refractivity (Wildman–Crippen MR) is 73.5 cm³/mol. The van der Waals surface area contributed by atoms with E-state index in [4.69, 9.17) is 4.74 Å². The summed E-state index contributed by atoms with van der Waals surface area (Å²) >= 11 is 0. The monoisotopic (exact) mass is 235 g/mol. The zero-order valence-electron chi connectivity index (χ0n) is 11.7. The van der Waals surface area contributed by atoms with E-state index in [0.29, 0.717) is 18.0 Å². The Morgan fingerprint density at radius 1 is 1.12 bits per heavy atom. The fraction of sp³-hybridized carbons (Fsp3) is 0.600. The molecule has 0 saturated heterocycles. The van der Waals surface area contributed by atoms with Gasteiger partial charge in [0, 0.05) is 12.1 Å². The van der Waals surface area contributed by atoms with E-state index in [1.165, 1.54) is 5.56 Å². The Labute approximate surface area is 105 Å². The van der Waals surface area contributed by atoms with Crippen molar-refractivity contribution < 1.29 is 4.74 Å². The van der Waals surface area contributed by atoms with Crippen LogP contribution in [0.3, 0.4) is 0 Å². The summed E-state index contributed by atoms with van der Waals surface area (Å²) in [7, 11) is 1.70.